The Morgan fingerprint density at radius 1 is 0.875 bits per heavy atom. The molecule has 8 heteroatoms. The van der Waals surface area contributed by atoms with Gasteiger partial charge in [0.1, 0.15) is 6.61 Å². The lowest BCUT2D eigenvalue weighted by molar-refractivity contribution is -0.146. The summed E-state index contributed by atoms with van der Waals surface area (Å²) in [7, 11) is 0. The quantitative estimate of drug-likeness (QED) is 0.301. The molecule has 3 aromatic carbocycles. The zero-order chi connectivity index (χ0) is 28.1. The molecule has 0 radical (unpaired) electrons. The van der Waals surface area contributed by atoms with Gasteiger partial charge in [-0.3, -0.25) is 4.79 Å². The summed E-state index contributed by atoms with van der Waals surface area (Å²) < 4.78 is 11.4. The van der Waals surface area contributed by atoms with Crippen LogP contribution < -0.4 is 10.6 Å². The predicted molar refractivity (Wildman–Crippen MR) is 150 cm³/mol. The van der Waals surface area contributed by atoms with Gasteiger partial charge in [-0.05, 0) is 53.5 Å². The number of alkyl carbamates (subject to hydrolysis) is 1. The Labute approximate surface area is 233 Å². The van der Waals surface area contributed by atoms with Crippen LogP contribution in [0.5, 0.6) is 0 Å². The molecule has 208 valence electrons. The molecule has 5 rings (SSSR count). The van der Waals surface area contributed by atoms with Gasteiger partial charge in [-0.1, -0.05) is 78.9 Å². The molecule has 3 aromatic rings. The third kappa shape index (κ3) is 6.51. The van der Waals surface area contributed by atoms with Crippen LogP contribution in [0.3, 0.4) is 0 Å². The van der Waals surface area contributed by atoms with Crippen molar-refractivity contribution in [3.63, 3.8) is 0 Å². The highest BCUT2D eigenvalue weighted by atomic mass is 16.5. The Morgan fingerprint density at radius 2 is 1.48 bits per heavy atom. The van der Waals surface area contributed by atoms with Crippen LogP contribution in [0.1, 0.15) is 48.8 Å². The fourth-order valence-corrected chi connectivity index (χ4v) is 5.34. The van der Waals surface area contributed by atoms with E-state index in [1.807, 2.05) is 54.6 Å². The van der Waals surface area contributed by atoms with E-state index >= 15 is 0 Å². The Balaban J connectivity index is 1.15. The summed E-state index contributed by atoms with van der Waals surface area (Å²) in [5, 5.41) is 15.2. The van der Waals surface area contributed by atoms with Crippen LogP contribution in [-0.4, -0.2) is 47.9 Å². The Kier molecular flexibility index (Phi) is 8.45. The van der Waals surface area contributed by atoms with Crippen molar-refractivity contribution in [2.45, 2.75) is 56.9 Å². The topological polar surface area (TPSA) is 114 Å². The van der Waals surface area contributed by atoms with Crippen LogP contribution in [-0.2, 0) is 25.7 Å². The van der Waals surface area contributed by atoms with Gasteiger partial charge in [0.05, 0.1) is 12.7 Å². The van der Waals surface area contributed by atoms with Crippen molar-refractivity contribution < 1.29 is 29.0 Å². The van der Waals surface area contributed by atoms with E-state index in [2.05, 4.69) is 34.9 Å². The SMILES string of the molecule is C[C@H](OCc1ccccc1)[C@@H](NC(=O)CC(NC(=O)OCC1c2ccccc2-c2ccccc21)C1CC1)C(=O)O. The third-order valence-electron chi connectivity index (χ3n) is 7.65. The number of aliphatic carboxylic acids is 1. The van der Waals surface area contributed by atoms with E-state index in [0.29, 0.717) is 0 Å². The van der Waals surface area contributed by atoms with E-state index in [-0.39, 0.29) is 31.5 Å². The first-order valence-corrected chi connectivity index (χ1v) is 13.7. The summed E-state index contributed by atoms with van der Waals surface area (Å²) in [5.74, 6) is -1.55. The van der Waals surface area contributed by atoms with Crippen molar-refractivity contribution in [1.82, 2.24) is 10.6 Å². The van der Waals surface area contributed by atoms with Crippen molar-refractivity contribution in [3.8, 4) is 11.1 Å². The van der Waals surface area contributed by atoms with Crippen LogP contribution in [0.25, 0.3) is 11.1 Å². The molecule has 1 saturated carbocycles. The number of carboxylic acid groups (broad SMARTS) is 1. The molecular formula is C32H34N2O6. The smallest absolute Gasteiger partial charge is 0.407 e. The summed E-state index contributed by atoms with van der Waals surface area (Å²) in [4.78, 5) is 37.6. The average Bonchev–Trinajstić information content (AvgIpc) is 3.76. The molecule has 2 amide bonds. The van der Waals surface area contributed by atoms with Crippen LogP contribution in [0.15, 0.2) is 78.9 Å². The Hall–Kier alpha value is -4.17. The van der Waals surface area contributed by atoms with E-state index in [1.165, 1.54) is 0 Å². The number of amides is 2. The second-order valence-electron chi connectivity index (χ2n) is 10.5. The second-order valence-corrected chi connectivity index (χ2v) is 10.5. The van der Waals surface area contributed by atoms with Crippen molar-refractivity contribution in [2.24, 2.45) is 5.92 Å². The molecule has 0 saturated heterocycles. The molecule has 0 bridgehead atoms. The molecule has 3 N–H and O–H groups in total. The number of nitrogens with one attached hydrogen (secondary N) is 2. The van der Waals surface area contributed by atoms with Crippen LogP contribution in [0.4, 0.5) is 4.79 Å². The Morgan fingerprint density at radius 3 is 2.08 bits per heavy atom. The molecule has 2 aliphatic carbocycles. The van der Waals surface area contributed by atoms with E-state index in [1.54, 1.807) is 6.92 Å². The largest absolute Gasteiger partial charge is 0.480 e. The van der Waals surface area contributed by atoms with E-state index in [4.69, 9.17) is 9.47 Å². The molecule has 1 unspecified atom stereocenters. The maximum absolute atomic E-state index is 12.9. The number of hydrogen-bond donors (Lipinski definition) is 3. The molecule has 1 fully saturated rings. The monoisotopic (exact) mass is 542 g/mol. The number of fused-ring (bicyclic) bond motifs is 3. The molecule has 0 heterocycles. The van der Waals surface area contributed by atoms with Gasteiger partial charge in [-0.25, -0.2) is 9.59 Å². The molecule has 0 spiro atoms. The number of ether oxygens (including phenoxy) is 2. The fourth-order valence-electron chi connectivity index (χ4n) is 5.34. The predicted octanol–water partition coefficient (Wildman–Crippen LogP) is 4.87. The van der Waals surface area contributed by atoms with Crippen molar-refractivity contribution in [3.05, 3.63) is 95.6 Å². The van der Waals surface area contributed by atoms with Crippen molar-refractivity contribution >= 4 is 18.0 Å². The Bertz CT molecular complexity index is 1310. The van der Waals surface area contributed by atoms with E-state index in [9.17, 15) is 19.5 Å². The van der Waals surface area contributed by atoms with Crippen LogP contribution in [0, 0.1) is 5.92 Å². The molecule has 40 heavy (non-hydrogen) atoms. The molecular weight excluding hydrogens is 508 g/mol. The molecule has 8 nitrogen and oxygen atoms in total. The molecule has 0 aliphatic heterocycles. The average molecular weight is 543 g/mol. The number of carbonyl (C=O) groups excluding carboxylic acids is 2. The van der Waals surface area contributed by atoms with Gasteiger partial charge in [0.25, 0.3) is 0 Å². The first kappa shape index (κ1) is 27.4. The van der Waals surface area contributed by atoms with Gasteiger partial charge in [0.15, 0.2) is 6.04 Å². The minimum atomic E-state index is -1.22. The highest BCUT2D eigenvalue weighted by Crippen LogP contribution is 2.44. The van der Waals surface area contributed by atoms with Gasteiger partial charge in [-0.15, -0.1) is 0 Å². The minimum Gasteiger partial charge on any atom is -0.480 e. The van der Waals surface area contributed by atoms with E-state index in [0.717, 1.165) is 40.7 Å². The van der Waals surface area contributed by atoms with Gasteiger partial charge in [-0.2, -0.15) is 0 Å². The first-order valence-electron chi connectivity index (χ1n) is 13.7. The molecule has 0 aromatic heterocycles. The number of hydrogen-bond acceptors (Lipinski definition) is 5. The number of rotatable bonds is 12. The maximum atomic E-state index is 12.9. The maximum Gasteiger partial charge on any atom is 0.407 e. The van der Waals surface area contributed by atoms with Gasteiger partial charge in [0.2, 0.25) is 5.91 Å². The van der Waals surface area contributed by atoms with Gasteiger partial charge < -0.3 is 25.2 Å². The fraction of sp³-hybridized carbons (Fsp3) is 0.344. The summed E-state index contributed by atoms with van der Waals surface area (Å²) in [6, 6.07) is 24.0. The number of carboxylic acids is 1. The van der Waals surface area contributed by atoms with Crippen molar-refractivity contribution in [1.29, 1.82) is 0 Å². The highest BCUT2D eigenvalue weighted by molar-refractivity contribution is 5.85. The number of carbonyl (C=O) groups is 3. The standard InChI is InChI=1S/C32H34N2O6/c1-20(39-18-21-9-3-2-4-10-21)30(31(36)37)34-29(35)17-28(22-15-16-22)33-32(38)40-19-27-25-13-7-5-11-23(25)24-12-6-8-14-26(24)27/h2-14,20,22,27-28,30H,15-19H2,1H3,(H,33,38)(H,34,35)(H,36,37)/t20-,28?,30+/m0/s1. The summed E-state index contributed by atoms with van der Waals surface area (Å²) in [6.07, 6.45) is 0.405. The zero-order valence-corrected chi connectivity index (χ0v) is 22.4. The second kappa shape index (κ2) is 12.3. The minimum absolute atomic E-state index is 0.0377. The molecule has 3 atom stereocenters. The summed E-state index contributed by atoms with van der Waals surface area (Å²) in [6.45, 7) is 2.03. The summed E-state index contributed by atoms with van der Waals surface area (Å²) >= 11 is 0. The normalized spacial score (nSPS) is 16.2. The highest BCUT2D eigenvalue weighted by Gasteiger charge is 2.36. The van der Waals surface area contributed by atoms with Crippen molar-refractivity contribution in [2.75, 3.05) is 6.61 Å². The van der Waals surface area contributed by atoms with Crippen LogP contribution in [0.2, 0.25) is 0 Å². The lowest BCUT2D eigenvalue weighted by Crippen LogP contribution is -2.50. The van der Waals surface area contributed by atoms with Gasteiger partial charge in [0, 0.05) is 18.4 Å². The van der Waals surface area contributed by atoms with Crippen LogP contribution >= 0.6 is 0 Å². The van der Waals surface area contributed by atoms with Gasteiger partial charge >= 0.3 is 12.1 Å². The first-order chi connectivity index (χ1) is 19.4. The molecule has 2 aliphatic rings. The number of benzene rings is 3. The third-order valence-corrected chi connectivity index (χ3v) is 7.65. The van der Waals surface area contributed by atoms with E-state index < -0.39 is 36.2 Å². The summed E-state index contributed by atoms with van der Waals surface area (Å²) in [5.41, 5.74) is 5.45. The lowest BCUT2D eigenvalue weighted by Gasteiger charge is -2.24. The lowest BCUT2D eigenvalue weighted by atomic mass is 9.98. The zero-order valence-electron chi connectivity index (χ0n) is 22.4.